The van der Waals surface area contributed by atoms with Crippen molar-refractivity contribution in [2.75, 3.05) is 53.0 Å². The highest BCUT2D eigenvalue weighted by Gasteiger charge is 2.25. The van der Waals surface area contributed by atoms with Gasteiger partial charge in [0.2, 0.25) is 29.5 Å². The molecule has 0 saturated heterocycles. The standard InChI is InChI=1S/C27H37N7O10/c1-44-15-8-21(37)32-18(16-22(38)30-11-9-28-19(35)6-13-33-24(40)2-3-25(33)41)17-23(39)31-12-10-29-20(36)7-14-34-26(42)4-5-27(34)43/h2-5,18H,6-17H2,1H3,(H,28,35)(H,29,36)(H,30,38)(H,31,39)(H,32,37). The van der Waals surface area contributed by atoms with Crippen molar-refractivity contribution in [1.82, 2.24) is 36.4 Å². The highest BCUT2D eigenvalue weighted by Crippen LogP contribution is 2.05. The Morgan fingerprint density at radius 2 is 0.955 bits per heavy atom. The van der Waals surface area contributed by atoms with E-state index in [1.54, 1.807) is 0 Å². The summed E-state index contributed by atoms with van der Waals surface area (Å²) in [6.45, 7) is 0.267. The molecular formula is C27H37N7O10. The monoisotopic (exact) mass is 619 g/mol. The van der Waals surface area contributed by atoms with E-state index in [0.29, 0.717) is 0 Å². The van der Waals surface area contributed by atoms with Crippen molar-refractivity contribution in [3.8, 4) is 0 Å². The summed E-state index contributed by atoms with van der Waals surface area (Å²) < 4.78 is 4.87. The molecule has 0 aromatic carbocycles. The van der Waals surface area contributed by atoms with Gasteiger partial charge in [-0.25, -0.2) is 0 Å². The van der Waals surface area contributed by atoms with Gasteiger partial charge in [0.15, 0.2) is 0 Å². The predicted molar refractivity (Wildman–Crippen MR) is 151 cm³/mol. The van der Waals surface area contributed by atoms with Crippen LogP contribution in [0.15, 0.2) is 24.3 Å². The third-order valence-corrected chi connectivity index (χ3v) is 6.23. The molecule has 2 rings (SSSR count). The molecule has 5 N–H and O–H groups in total. The quantitative estimate of drug-likeness (QED) is 0.0664. The van der Waals surface area contributed by atoms with E-state index in [0.717, 1.165) is 34.1 Å². The average Bonchev–Trinajstić information content (AvgIpc) is 3.47. The SMILES string of the molecule is COCCC(=O)NC(CC(=O)NCCNC(=O)CCN1C(=O)C=CC1=O)CC(=O)NCCNC(=O)CCN1C(=O)C=CC1=O. The Kier molecular flexibility index (Phi) is 14.9. The van der Waals surface area contributed by atoms with E-state index < -0.39 is 59.2 Å². The molecule has 9 amide bonds. The second-order valence-corrected chi connectivity index (χ2v) is 9.64. The number of imide groups is 2. The van der Waals surface area contributed by atoms with Gasteiger partial charge in [0.05, 0.1) is 6.61 Å². The number of hydrogen-bond acceptors (Lipinski definition) is 10. The summed E-state index contributed by atoms with van der Waals surface area (Å²) in [7, 11) is 1.43. The minimum Gasteiger partial charge on any atom is -0.384 e. The van der Waals surface area contributed by atoms with E-state index in [9.17, 15) is 43.2 Å². The van der Waals surface area contributed by atoms with E-state index >= 15 is 0 Å². The molecule has 0 aliphatic carbocycles. The largest absolute Gasteiger partial charge is 0.384 e. The van der Waals surface area contributed by atoms with E-state index in [1.807, 2.05) is 0 Å². The van der Waals surface area contributed by atoms with Crippen LogP contribution in [0.1, 0.15) is 32.1 Å². The summed E-state index contributed by atoms with van der Waals surface area (Å²) in [6, 6.07) is -0.850. The van der Waals surface area contributed by atoms with Crippen LogP contribution in [0.3, 0.4) is 0 Å². The topological polar surface area (TPSA) is 229 Å². The second kappa shape index (κ2) is 18.6. The molecule has 0 fully saturated rings. The van der Waals surface area contributed by atoms with Crippen LogP contribution in [-0.2, 0) is 47.9 Å². The summed E-state index contributed by atoms with van der Waals surface area (Å²) in [4.78, 5) is 109. The first-order chi connectivity index (χ1) is 21.0. The fraction of sp³-hybridized carbons (Fsp3) is 0.519. The van der Waals surface area contributed by atoms with Crippen LogP contribution in [-0.4, -0.2) is 122 Å². The fourth-order valence-corrected chi connectivity index (χ4v) is 3.97. The van der Waals surface area contributed by atoms with Crippen LogP contribution in [0.4, 0.5) is 0 Å². The molecule has 240 valence electrons. The van der Waals surface area contributed by atoms with Gasteiger partial charge in [-0.05, 0) is 0 Å². The summed E-state index contributed by atoms with van der Waals surface area (Å²) in [5, 5.41) is 12.9. The summed E-state index contributed by atoms with van der Waals surface area (Å²) in [6.07, 6.45) is 3.86. The normalized spacial score (nSPS) is 14.0. The van der Waals surface area contributed by atoms with Crippen LogP contribution in [0, 0.1) is 0 Å². The molecule has 0 spiro atoms. The molecule has 2 aliphatic rings. The number of methoxy groups -OCH3 is 1. The summed E-state index contributed by atoms with van der Waals surface area (Å²) in [5.41, 5.74) is 0. The number of nitrogens with zero attached hydrogens (tertiary/aromatic N) is 2. The van der Waals surface area contributed by atoms with Crippen LogP contribution >= 0.6 is 0 Å². The Hall–Kier alpha value is -4.93. The Morgan fingerprint density at radius 1 is 0.591 bits per heavy atom. The van der Waals surface area contributed by atoms with Crippen LogP contribution < -0.4 is 26.6 Å². The summed E-state index contributed by atoms with van der Waals surface area (Å²) in [5.74, 6) is -4.18. The zero-order valence-electron chi connectivity index (χ0n) is 24.3. The third kappa shape index (κ3) is 12.9. The first kappa shape index (κ1) is 35.3. The minimum absolute atomic E-state index is 0.0175. The molecule has 0 saturated carbocycles. The van der Waals surface area contributed by atoms with Gasteiger partial charge < -0.3 is 31.3 Å². The lowest BCUT2D eigenvalue weighted by Crippen LogP contribution is -2.44. The maximum Gasteiger partial charge on any atom is 0.253 e. The van der Waals surface area contributed by atoms with Crippen molar-refractivity contribution in [1.29, 1.82) is 0 Å². The molecule has 17 heteroatoms. The fourth-order valence-electron chi connectivity index (χ4n) is 3.97. The van der Waals surface area contributed by atoms with Gasteiger partial charge in [0.1, 0.15) is 0 Å². The molecule has 17 nitrogen and oxygen atoms in total. The molecular weight excluding hydrogens is 582 g/mol. The lowest BCUT2D eigenvalue weighted by atomic mass is 10.1. The Balaban J connectivity index is 1.68. The van der Waals surface area contributed by atoms with Gasteiger partial charge in [-0.15, -0.1) is 0 Å². The van der Waals surface area contributed by atoms with Crippen LogP contribution in [0.5, 0.6) is 0 Å². The molecule has 2 aliphatic heterocycles. The van der Waals surface area contributed by atoms with Crippen molar-refractivity contribution in [2.45, 2.75) is 38.1 Å². The average molecular weight is 620 g/mol. The lowest BCUT2D eigenvalue weighted by molar-refractivity contribution is -0.139. The molecule has 0 radical (unpaired) electrons. The predicted octanol–water partition coefficient (Wildman–Crippen LogP) is -3.62. The first-order valence-electron chi connectivity index (χ1n) is 13.9. The lowest BCUT2D eigenvalue weighted by Gasteiger charge is -2.19. The molecule has 0 unspecified atom stereocenters. The molecule has 0 aromatic rings. The Bertz CT molecular complexity index is 1080. The molecule has 44 heavy (non-hydrogen) atoms. The number of amides is 9. The van der Waals surface area contributed by atoms with Crippen LogP contribution in [0.25, 0.3) is 0 Å². The number of carbonyl (C=O) groups is 9. The molecule has 0 aromatic heterocycles. The smallest absolute Gasteiger partial charge is 0.253 e. The van der Waals surface area contributed by atoms with E-state index in [4.69, 9.17) is 4.74 Å². The number of carbonyl (C=O) groups excluding carboxylic acids is 9. The first-order valence-corrected chi connectivity index (χ1v) is 13.9. The van der Waals surface area contributed by atoms with Crippen molar-refractivity contribution in [3.63, 3.8) is 0 Å². The van der Waals surface area contributed by atoms with E-state index in [1.165, 1.54) is 7.11 Å². The van der Waals surface area contributed by atoms with Gasteiger partial charge in [-0.3, -0.25) is 53.0 Å². The second-order valence-electron chi connectivity index (χ2n) is 9.64. The maximum absolute atomic E-state index is 12.5. The molecule has 2 heterocycles. The van der Waals surface area contributed by atoms with Crippen molar-refractivity contribution < 1.29 is 47.9 Å². The minimum atomic E-state index is -0.850. The number of hydrogen-bond donors (Lipinski definition) is 5. The highest BCUT2D eigenvalue weighted by atomic mass is 16.5. The summed E-state index contributed by atoms with van der Waals surface area (Å²) >= 11 is 0. The number of nitrogens with one attached hydrogen (secondary N) is 5. The zero-order valence-corrected chi connectivity index (χ0v) is 24.3. The zero-order chi connectivity index (χ0) is 32.5. The molecule has 0 atom stereocenters. The van der Waals surface area contributed by atoms with Gasteiger partial charge in [0.25, 0.3) is 23.6 Å². The number of ether oxygens (including phenoxy) is 1. The van der Waals surface area contributed by atoms with Gasteiger partial charge in [-0.1, -0.05) is 0 Å². The van der Waals surface area contributed by atoms with Crippen molar-refractivity contribution in [3.05, 3.63) is 24.3 Å². The van der Waals surface area contributed by atoms with Gasteiger partial charge >= 0.3 is 0 Å². The van der Waals surface area contributed by atoms with Gasteiger partial charge in [0, 0.05) is 109 Å². The maximum atomic E-state index is 12.5. The van der Waals surface area contributed by atoms with E-state index in [-0.39, 0.29) is 78.0 Å². The van der Waals surface area contributed by atoms with Crippen molar-refractivity contribution >= 4 is 53.2 Å². The van der Waals surface area contributed by atoms with Crippen molar-refractivity contribution in [2.24, 2.45) is 0 Å². The number of rotatable bonds is 20. The van der Waals surface area contributed by atoms with Crippen LogP contribution in [0.2, 0.25) is 0 Å². The Labute approximate surface area is 253 Å². The third-order valence-electron chi connectivity index (χ3n) is 6.23. The van der Waals surface area contributed by atoms with E-state index in [2.05, 4.69) is 26.6 Å². The Morgan fingerprint density at radius 3 is 1.32 bits per heavy atom. The van der Waals surface area contributed by atoms with Gasteiger partial charge in [-0.2, -0.15) is 0 Å². The highest BCUT2D eigenvalue weighted by molar-refractivity contribution is 6.13. The molecule has 0 bridgehead atoms.